The van der Waals surface area contributed by atoms with Crippen LogP contribution in [0, 0.1) is 0 Å². The maximum absolute atomic E-state index is 13.0. The van der Waals surface area contributed by atoms with Gasteiger partial charge in [-0.2, -0.15) is 0 Å². The average Bonchev–Trinajstić information content (AvgIpc) is 3.33. The molecule has 9 heteroatoms. The Morgan fingerprint density at radius 3 is 1.13 bits per heavy atom. The highest BCUT2D eigenvalue weighted by Crippen LogP contribution is 2.43. The number of allylic oxidation sites excluding steroid dienone is 7. The smallest absolute Gasteiger partial charge is 0.387 e. The van der Waals surface area contributed by atoms with Crippen LogP contribution in [-0.4, -0.2) is 73.4 Å². The van der Waals surface area contributed by atoms with Crippen molar-refractivity contribution in [3.8, 4) is 0 Å². The summed E-state index contributed by atoms with van der Waals surface area (Å²) in [5, 5.41) is 13.9. The number of nitrogens with one attached hydrogen (secondary N) is 1. The second-order valence-corrected chi connectivity index (χ2v) is 23.5. The first-order chi connectivity index (χ1) is 34.5. The van der Waals surface area contributed by atoms with E-state index in [1.165, 1.54) is 225 Å². The molecule has 0 aliphatic rings. The molecule has 0 bridgehead atoms. The van der Waals surface area contributed by atoms with Crippen molar-refractivity contribution < 1.29 is 32.9 Å². The van der Waals surface area contributed by atoms with Crippen LogP contribution in [0.2, 0.25) is 0 Å². The summed E-state index contributed by atoms with van der Waals surface area (Å²) in [4.78, 5) is 23.3. The second-order valence-electron chi connectivity index (χ2n) is 22.1. The molecule has 3 atom stereocenters. The van der Waals surface area contributed by atoms with Gasteiger partial charge in [0.15, 0.2) is 0 Å². The van der Waals surface area contributed by atoms with Crippen LogP contribution in [0.5, 0.6) is 0 Å². The van der Waals surface area contributed by atoms with Crippen molar-refractivity contribution in [3.63, 3.8) is 0 Å². The Morgan fingerprint density at radius 2 is 0.775 bits per heavy atom. The number of aliphatic hydroxyl groups is 1. The number of aliphatic hydroxyl groups excluding tert-OH is 1. The number of phosphoric acid groups is 1. The standard InChI is InChI=1S/C62H119N2O6P/c1-6-8-10-12-14-16-18-20-22-24-26-28-29-30-31-32-33-34-35-36-38-40-42-44-46-48-50-52-54-56-62(66)63-60(59-70-71(67,68)69-58-57-64(3,4)5)61(65)55-53-51-49-47-45-43-41-39-37-27-25-23-21-19-17-15-13-11-9-7-2/h30-31,37,39,45,47,53,55,60-61,65H,6-29,32-36,38,40-44,46,48-52,54,56-59H2,1-5H3,(H-,63,66,67,68)/p+1/b31-30-,39-37+,47-45+,55-53+. The first-order valence-electron chi connectivity index (χ1n) is 30.5. The van der Waals surface area contributed by atoms with E-state index in [-0.39, 0.29) is 19.1 Å². The summed E-state index contributed by atoms with van der Waals surface area (Å²) in [6.45, 7) is 4.82. The molecule has 0 saturated carbocycles. The molecule has 0 fully saturated rings. The third-order valence-corrected chi connectivity index (χ3v) is 14.7. The molecule has 0 aliphatic heterocycles. The molecule has 0 radical (unpaired) electrons. The fourth-order valence-electron chi connectivity index (χ4n) is 8.95. The molecule has 0 saturated heterocycles. The van der Waals surface area contributed by atoms with Crippen molar-refractivity contribution >= 4 is 13.7 Å². The number of likely N-dealkylation sites (N-methyl/N-ethyl adjacent to an activating group) is 1. The normalized spacial score (nSPS) is 14.2. The largest absolute Gasteiger partial charge is 0.472 e. The van der Waals surface area contributed by atoms with Crippen LogP contribution in [0.4, 0.5) is 0 Å². The van der Waals surface area contributed by atoms with Crippen molar-refractivity contribution in [2.24, 2.45) is 0 Å². The third kappa shape index (κ3) is 56.0. The second kappa shape index (κ2) is 53.3. The van der Waals surface area contributed by atoms with Gasteiger partial charge in [0.1, 0.15) is 13.2 Å². The van der Waals surface area contributed by atoms with E-state index in [4.69, 9.17) is 9.05 Å². The first-order valence-corrected chi connectivity index (χ1v) is 32.0. The van der Waals surface area contributed by atoms with E-state index in [9.17, 15) is 19.4 Å². The zero-order valence-electron chi connectivity index (χ0n) is 47.7. The average molecular weight is 1020 g/mol. The molecule has 71 heavy (non-hydrogen) atoms. The van der Waals surface area contributed by atoms with Crippen molar-refractivity contribution in [2.75, 3.05) is 40.9 Å². The lowest BCUT2D eigenvalue weighted by Crippen LogP contribution is -2.45. The van der Waals surface area contributed by atoms with E-state index in [0.29, 0.717) is 17.4 Å². The number of quaternary nitrogens is 1. The van der Waals surface area contributed by atoms with Gasteiger partial charge < -0.3 is 19.8 Å². The molecular weight excluding hydrogens is 900 g/mol. The Balaban J connectivity index is 4.18. The van der Waals surface area contributed by atoms with Crippen LogP contribution in [-0.2, 0) is 18.4 Å². The van der Waals surface area contributed by atoms with Crippen LogP contribution in [0.25, 0.3) is 0 Å². The number of nitrogens with zero attached hydrogens (tertiary/aromatic N) is 1. The van der Waals surface area contributed by atoms with Crippen molar-refractivity contribution in [2.45, 2.75) is 302 Å². The number of amides is 1. The minimum absolute atomic E-state index is 0.0535. The van der Waals surface area contributed by atoms with Gasteiger partial charge in [-0.3, -0.25) is 13.8 Å². The molecule has 418 valence electrons. The summed E-state index contributed by atoms with van der Waals surface area (Å²) in [6.07, 6.45) is 70.9. The Morgan fingerprint density at radius 1 is 0.465 bits per heavy atom. The van der Waals surface area contributed by atoms with Gasteiger partial charge in [-0.15, -0.1) is 0 Å². The zero-order chi connectivity index (χ0) is 52.0. The van der Waals surface area contributed by atoms with Crippen molar-refractivity contribution in [1.82, 2.24) is 5.32 Å². The molecule has 0 heterocycles. The molecule has 0 aromatic heterocycles. The molecule has 0 spiro atoms. The number of rotatable bonds is 56. The molecule has 1 amide bonds. The Labute approximate surface area is 441 Å². The van der Waals surface area contributed by atoms with E-state index in [1.807, 2.05) is 27.2 Å². The highest BCUT2D eigenvalue weighted by atomic mass is 31.2. The van der Waals surface area contributed by atoms with E-state index >= 15 is 0 Å². The lowest BCUT2D eigenvalue weighted by Gasteiger charge is -2.25. The summed E-state index contributed by atoms with van der Waals surface area (Å²) >= 11 is 0. The zero-order valence-corrected chi connectivity index (χ0v) is 48.6. The van der Waals surface area contributed by atoms with E-state index in [1.54, 1.807) is 6.08 Å². The number of unbranched alkanes of at least 4 members (excludes halogenated alkanes) is 37. The van der Waals surface area contributed by atoms with Crippen LogP contribution < -0.4 is 5.32 Å². The van der Waals surface area contributed by atoms with E-state index < -0.39 is 20.0 Å². The minimum Gasteiger partial charge on any atom is -0.387 e. The van der Waals surface area contributed by atoms with Gasteiger partial charge in [0.25, 0.3) is 0 Å². The first kappa shape index (κ1) is 69.5. The van der Waals surface area contributed by atoms with Gasteiger partial charge in [-0.05, 0) is 70.6 Å². The molecule has 3 unspecified atom stereocenters. The predicted octanol–water partition coefficient (Wildman–Crippen LogP) is 18.7. The summed E-state index contributed by atoms with van der Waals surface area (Å²) in [5.41, 5.74) is 0. The van der Waals surface area contributed by atoms with Crippen LogP contribution >= 0.6 is 7.82 Å². The summed E-state index contributed by atoms with van der Waals surface area (Å²) in [7, 11) is 1.55. The molecular formula is C62H120N2O6P+. The Hall–Kier alpha value is -1.54. The van der Waals surface area contributed by atoms with Gasteiger partial charge in [0.2, 0.25) is 5.91 Å². The number of carbonyl (C=O) groups excluding carboxylic acids is 1. The fourth-order valence-corrected chi connectivity index (χ4v) is 9.69. The maximum Gasteiger partial charge on any atom is 0.472 e. The molecule has 0 aromatic rings. The molecule has 0 rings (SSSR count). The lowest BCUT2D eigenvalue weighted by atomic mass is 10.0. The predicted molar refractivity (Wildman–Crippen MR) is 309 cm³/mol. The van der Waals surface area contributed by atoms with Gasteiger partial charge in [0, 0.05) is 6.42 Å². The minimum atomic E-state index is -4.36. The highest BCUT2D eigenvalue weighted by Gasteiger charge is 2.27. The highest BCUT2D eigenvalue weighted by molar-refractivity contribution is 7.47. The number of hydrogen-bond donors (Lipinski definition) is 3. The topological polar surface area (TPSA) is 105 Å². The summed E-state index contributed by atoms with van der Waals surface area (Å²) in [5.74, 6) is -0.188. The Kier molecular flexibility index (Phi) is 52.1. The summed E-state index contributed by atoms with van der Waals surface area (Å²) < 4.78 is 23.7. The van der Waals surface area contributed by atoms with Gasteiger partial charge in [-0.1, -0.05) is 262 Å². The molecule has 8 nitrogen and oxygen atoms in total. The third-order valence-electron chi connectivity index (χ3n) is 13.7. The van der Waals surface area contributed by atoms with Crippen molar-refractivity contribution in [1.29, 1.82) is 0 Å². The lowest BCUT2D eigenvalue weighted by molar-refractivity contribution is -0.870. The van der Waals surface area contributed by atoms with Gasteiger partial charge >= 0.3 is 7.82 Å². The SMILES string of the molecule is CCCCCCCCCCCC/C=C/CC/C=C/CC/C=C/C(O)C(COP(=O)(O)OCC[N+](C)(C)C)NC(=O)CCCCCCCCCCCCCCC/C=C\CCCCCCCCCCCCCC. The number of carbonyl (C=O) groups is 1. The Bertz CT molecular complexity index is 1290. The van der Waals surface area contributed by atoms with E-state index in [0.717, 1.165) is 44.9 Å². The maximum atomic E-state index is 13.0. The quantitative estimate of drug-likeness (QED) is 0.0243. The number of phosphoric ester groups is 1. The molecule has 0 aromatic carbocycles. The fraction of sp³-hybridized carbons (Fsp3) is 0.855. The van der Waals surface area contributed by atoms with E-state index in [2.05, 4.69) is 55.6 Å². The van der Waals surface area contributed by atoms with Crippen molar-refractivity contribution in [3.05, 3.63) is 48.6 Å². The van der Waals surface area contributed by atoms with Crippen LogP contribution in [0.15, 0.2) is 48.6 Å². The van der Waals surface area contributed by atoms with Gasteiger partial charge in [-0.25, -0.2) is 4.57 Å². The molecule has 0 aliphatic carbocycles. The van der Waals surface area contributed by atoms with Crippen LogP contribution in [0.3, 0.4) is 0 Å². The summed E-state index contributed by atoms with van der Waals surface area (Å²) in [6, 6.07) is -0.871. The van der Waals surface area contributed by atoms with Gasteiger partial charge in [0.05, 0.1) is 39.9 Å². The van der Waals surface area contributed by atoms with Crippen LogP contribution in [0.1, 0.15) is 290 Å². The monoisotopic (exact) mass is 1020 g/mol. The molecule has 3 N–H and O–H groups in total. The number of hydrogen-bond acceptors (Lipinski definition) is 5.